The van der Waals surface area contributed by atoms with Gasteiger partial charge in [-0.05, 0) is 30.7 Å². The highest BCUT2D eigenvalue weighted by Gasteiger charge is 2.01. The van der Waals surface area contributed by atoms with E-state index in [0.29, 0.717) is 12.8 Å². The highest BCUT2D eigenvalue weighted by atomic mass is 16.2. The van der Waals surface area contributed by atoms with E-state index in [4.69, 9.17) is 5.11 Å². The third-order valence-corrected chi connectivity index (χ3v) is 2.90. The second-order valence-electron chi connectivity index (χ2n) is 4.71. The molecule has 0 spiro atoms. The van der Waals surface area contributed by atoms with E-state index in [1.807, 2.05) is 24.3 Å². The Bertz CT molecular complexity index is 454. The molecular weight excluding hydrogens is 250 g/mol. The van der Waals surface area contributed by atoms with Gasteiger partial charge in [0.2, 0.25) is 5.91 Å². The van der Waals surface area contributed by atoms with Gasteiger partial charge < -0.3 is 10.4 Å². The van der Waals surface area contributed by atoms with Gasteiger partial charge in [-0.2, -0.15) is 0 Å². The molecule has 0 unspecified atom stereocenters. The van der Waals surface area contributed by atoms with Crippen molar-refractivity contribution in [1.82, 2.24) is 0 Å². The summed E-state index contributed by atoms with van der Waals surface area (Å²) in [6, 6.07) is 7.45. The minimum absolute atomic E-state index is 0.0696. The Morgan fingerprint density at radius 3 is 2.60 bits per heavy atom. The van der Waals surface area contributed by atoms with Crippen molar-refractivity contribution in [3.63, 3.8) is 0 Å². The Kier molecular flexibility index (Phi) is 8.17. The molecule has 0 bridgehead atoms. The predicted octanol–water partition coefficient (Wildman–Crippen LogP) is 3.33. The second kappa shape index (κ2) is 10.1. The molecule has 0 atom stereocenters. The van der Waals surface area contributed by atoms with Crippen LogP contribution in [0.25, 0.3) is 0 Å². The zero-order valence-corrected chi connectivity index (χ0v) is 12.1. The van der Waals surface area contributed by atoms with Crippen molar-refractivity contribution in [2.24, 2.45) is 0 Å². The molecule has 0 saturated carbocycles. The smallest absolute Gasteiger partial charge is 0.224 e. The van der Waals surface area contributed by atoms with Gasteiger partial charge in [0.25, 0.3) is 0 Å². The summed E-state index contributed by atoms with van der Waals surface area (Å²) in [5, 5.41) is 11.5. The van der Waals surface area contributed by atoms with E-state index >= 15 is 0 Å². The molecular formula is C17H23NO2. The molecule has 3 heteroatoms. The first-order valence-electron chi connectivity index (χ1n) is 7.26. The van der Waals surface area contributed by atoms with Crippen LogP contribution >= 0.6 is 0 Å². The number of anilines is 1. The van der Waals surface area contributed by atoms with Crippen LogP contribution in [0.3, 0.4) is 0 Å². The summed E-state index contributed by atoms with van der Waals surface area (Å²) in [5.41, 5.74) is 1.69. The summed E-state index contributed by atoms with van der Waals surface area (Å²) in [6.45, 7) is 2.24. The number of carbonyl (C=O) groups excluding carboxylic acids is 1. The van der Waals surface area contributed by atoms with Crippen LogP contribution in [-0.2, 0) is 4.79 Å². The molecule has 0 heterocycles. The van der Waals surface area contributed by atoms with E-state index in [-0.39, 0.29) is 12.5 Å². The molecule has 3 nitrogen and oxygen atoms in total. The number of amides is 1. The molecule has 108 valence electrons. The Labute approximate surface area is 121 Å². The fourth-order valence-electron chi connectivity index (χ4n) is 1.79. The monoisotopic (exact) mass is 273 g/mol. The van der Waals surface area contributed by atoms with Crippen LogP contribution in [-0.4, -0.2) is 17.6 Å². The number of hydrogen-bond acceptors (Lipinski definition) is 2. The van der Waals surface area contributed by atoms with Crippen LogP contribution < -0.4 is 5.32 Å². The first-order chi connectivity index (χ1) is 9.76. The summed E-state index contributed by atoms with van der Waals surface area (Å²) >= 11 is 0. The zero-order valence-electron chi connectivity index (χ0n) is 12.1. The molecule has 20 heavy (non-hydrogen) atoms. The maximum Gasteiger partial charge on any atom is 0.224 e. The summed E-state index contributed by atoms with van der Waals surface area (Å²) in [4.78, 5) is 11.7. The number of carbonyl (C=O) groups is 1. The van der Waals surface area contributed by atoms with E-state index in [9.17, 15) is 4.79 Å². The number of aliphatic hydroxyl groups excluding tert-OH is 1. The van der Waals surface area contributed by atoms with Crippen LogP contribution in [0, 0.1) is 11.8 Å². The van der Waals surface area contributed by atoms with Gasteiger partial charge in [0.1, 0.15) is 0 Å². The van der Waals surface area contributed by atoms with Gasteiger partial charge >= 0.3 is 0 Å². The number of unbranched alkanes of at least 4 members (excludes halogenated alkanes) is 3. The minimum atomic E-state index is 0.0696. The van der Waals surface area contributed by atoms with Crippen LogP contribution in [0.15, 0.2) is 24.3 Å². The average Bonchev–Trinajstić information content (AvgIpc) is 2.46. The Balaban J connectivity index is 2.37. The summed E-state index contributed by atoms with van der Waals surface area (Å²) in [6.07, 6.45) is 5.50. The molecule has 0 saturated heterocycles. The van der Waals surface area contributed by atoms with Gasteiger partial charge in [-0.1, -0.05) is 38.0 Å². The van der Waals surface area contributed by atoms with Gasteiger partial charge in [0.15, 0.2) is 0 Å². The maximum atomic E-state index is 11.7. The Morgan fingerprint density at radius 2 is 1.95 bits per heavy atom. The van der Waals surface area contributed by atoms with Crippen molar-refractivity contribution in [3.05, 3.63) is 29.8 Å². The lowest BCUT2D eigenvalue weighted by atomic mass is 10.1. The first-order valence-corrected chi connectivity index (χ1v) is 7.26. The quantitative estimate of drug-likeness (QED) is 0.591. The van der Waals surface area contributed by atoms with Crippen molar-refractivity contribution >= 4 is 11.6 Å². The van der Waals surface area contributed by atoms with Crippen molar-refractivity contribution in [3.8, 4) is 11.8 Å². The Hall–Kier alpha value is -1.79. The van der Waals surface area contributed by atoms with E-state index < -0.39 is 0 Å². The highest BCUT2D eigenvalue weighted by Crippen LogP contribution is 2.10. The summed E-state index contributed by atoms with van der Waals surface area (Å²) in [7, 11) is 0. The van der Waals surface area contributed by atoms with Crippen molar-refractivity contribution in [2.45, 2.75) is 45.4 Å². The Morgan fingerprint density at radius 1 is 1.20 bits per heavy atom. The fourth-order valence-corrected chi connectivity index (χ4v) is 1.79. The van der Waals surface area contributed by atoms with Crippen molar-refractivity contribution in [1.29, 1.82) is 0 Å². The zero-order chi connectivity index (χ0) is 14.6. The van der Waals surface area contributed by atoms with Gasteiger partial charge in [0, 0.05) is 24.1 Å². The topological polar surface area (TPSA) is 49.3 Å². The minimum Gasteiger partial charge on any atom is -0.395 e. The average molecular weight is 273 g/mol. The molecule has 1 rings (SSSR count). The molecule has 2 N–H and O–H groups in total. The van der Waals surface area contributed by atoms with Gasteiger partial charge in [-0.15, -0.1) is 0 Å². The van der Waals surface area contributed by atoms with Crippen LogP contribution in [0.5, 0.6) is 0 Å². The normalized spacial score (nSPS) is 9.70. The lowest BCUT2D eigenvalue weighted by Crippen LogP contribution is -2.10. The second-order valence-corrected chi connectivity index (χ2v) is 4.71. The molecule has 1 amide bonds. The van der Waals surface area contributed by atoms with Gasteiger partial charge in [0.05, 0.1) is 6.61 Å². The fraction of sp³-hybridized carbons (Fsp3) is 0.471. The summed E-state index contributed by atoms with van der Waals surface area (Å²) < 4.78 is 0. The number of benzene rings is 1. The van der Waals surface area contributed by atoms with E-state index in [1.54, 1.807) is 0 Å². The first kappa shape index (κ1) is 16.3. The molecule has 0 aliphatic carbocycles. The maximum absolute atomic E-state index is 11.7. The van der Waals surface area contributed by atoms with Crippen LogP contribution in [0.4, 0.5) is 5.69 Å². The lowest BCUT2D eigenvalue weighted by Gasteiger charge is -2.05. The lowest BCUT2D eigenvalue weighted by molar-refractivity contribution is -0.116. The largest absolute Gasteiger partial charge is 0.395 e. The molecule has 0 fully saturated rings. The van der Waals surface area contributed by atoms with E-state index in [0.717, 1.165) is 24.1 Å². The summed E-state index contributed by atoms with van der Waals surface area (Å²) in [5.74, 6) is 5.89. The van der Waals surface area contributed by atoms with Gasteiger partial charge in [-0.25, -0.2) is 0 Å². The van der Waals surface area contributed by atoms with Crippen LogP contribution in [0.2, 0.25) is 0 Å². The number of aliphatic hydroxyl groups is 1. The molecule has 1 aromatic carbocycles. The van der Waals surface area contributed by atoms with E-state index in [2.05, 4.69) is 24.1 Å². The van der Waals surface area contributed by atoms with Crippen molar-refractivity contribution < 1.29 is 9.90 Å². The predicted molar refractivity (Wildman–Crippen MR) is 82.4 cm³/mol. The van der Waals surface area contributed by atoms with Crippen LogP contribution in [0.1, 0.15) is 51.0 Å². The molecule has 0 aliphatic rings. The highest BCUT2D eigenvalue weighted by molar-refractivity contribution is 5.90. The molecule has 0 aromatic heterocycles. The SMILES string of the molecule is CCCCCCC(=O)Nc1ccc(C#CCCO)cc1. The standard InChI is InChI=1S/C17H23NO2/c1-2-3-4-5-9-17(20)18-16-12-10-15(11-13-16)8-6-7-14-19/h10-13,19H,2-5,7,9,14H2,1H3,(H,18,20). The number of rotatable bonds is 7. The molecule has 1 aromatic rings. The number of hydrogen-bond donors (Lipinski definition) is 2. The molecule has 0 aliphatic heterocycles. The van der Waals surface area contributed by atoms with E-state index in [1.165, 1.54) is 12.8 Å². The third kappa shape index (κ3) is 6.96. The molecule has 0 radical (unpaired) electrons. The third-order valence-electron chi connectivity index (χ3n) is 2.90. The van der Waals surface area contributed by atoms with Crippen molar-refractivity contribution in [2.75, 3.05) is 11.9 Å². The number of nitrogens with one attached hydrogen (secondary N) is 1. The van der Waals surface area contributed by atoms with Gasteiger partial charge in [-0.3, -0.25) is 4.79 Å².